The number of nitrogens with zero attached hydrogens (tertiary/aromatic N) is 2. The lowest BCUT2D eigenvalue weighted by Crippen LogP contribution is -2.43. The van der Waals surface area contributed by atoms with E-state index in [0.717, 1.165) is 0 Å². The molecule has 1 aromatic carbocycles. The van der Waals surface area contributed by atoms with Gasteiger partial charge in [0.2, 0.25) is 5.75 Å². The molecule has 25 heavy (non-hydrogen) atoms. The van der Waals surface area contributed by atoms with E-state index < -0.39 is 10.5 Å². The zero-order chi connectivity index (χ0) is 18.0. The summed E-state index contributed by atoms with van der Waals surface area (Å²) < 4.78 is 15.6. The molecule has 1 saturated heterocycles. The molecule has 132 valence electrons. The Kier molecular flexibility index (Phi) is 4.66. The standard InChI is InChI=1S/C16H16N2O7/c1-10-6-16(20)25-13-8-14(12(18(21)22)7-11(10)13)24-9-15(19)17-2-4-23-5-3-17/h6-8H,2-5,9H2,1H3. The van der Waals surface area contributed by atoms with Gasteiger partial charge in [0.05, 0.1) is 18.1 Å². The summed E-state index contributed by atoms with van der Waals surface area (Å²) in [7, 11) is 0. The van der Waals surface area contributed by atoms with Crippen LogP contribution < -0.4 is 10.4 Å². The SMILES string of the molecule is Cc1cc(=O)oc2cc(OCC(=O)N3CCOCC3)c([N+](=O)[O-])cc12. The van der Waals surface area contributed by atoms with Crippen molar-refractivity contribution < 1.29 is 23.6 Å². The van der Waals surface area contributed by atoms with Crippen LogP contribution in [0.25, 0.3) is 11.0 Å². The normalized spacial score (nSPS) is 14.5. The Bertz CT molecular complexity index is 884. The second kappa shape index (κ2) is 6.89. The van der Waals surface area contributed by atoms with E-state index >= 15 is 0 Å². The van der Waals surface area contributed by atoms with Gasteiger partial charge in [0.25, 0.3) is 5.91 Å². The number of ether oxygens (including phenoxy) is 2. The summed E-state index contributed by atoms with van der Waals surface area (Å²) in [4.78, 5) is 35.9. The predicted molar refractivity (Wildman–Crippen MR) is 86.8 cm³/mol. The first-order valence-electron chi connectivity index (χ1n) is 7.67. The Balaban J connectivity index is 1.88. The van der Waals surface area contributed by atoms with Gasteiger partial charge in [-0.1, -0.05) is 0 Å². The molecule has 0 unspecified atom stereocenters. The first-order valence-corrected chi connectivity index (χ1v) is 7.67. The largest absolute Gasteiger partial charge is 0.477 e. The number of nitro groups is 1. The van der Waals surface area contributed by atoms with E-state index in [1.807, 2.05) is 0 Å². The van der Waals surface area contributed by atoms with Crippen molar-refractivity contribution in [1.29, 1.82) is 0 Å². The Morgan fingerprint density at radius 2 is 2.04 bits per heavy atom. The number of hydrogen-bond acceptors (Lipinski definition) is 7. The van der Waals surface area contributed by atoms with E-state index in [1.165, 1.54) is 18.2 Å². The van der Waals surface area contributed by atoms with Crippen LogP contribution in [0, 0.1) is 17.0 Å². The van der Waals surface area contributed by atoms with Crippen molar-refractivity contribution in [3.8, 4) is 5.75 Å². The highest BCUT2D eigenvalue weighted by Crippen LogP contribution is 2.33. The lowest BCUT2D eigenvalue weighted by molar-refractivity contribution is -0.385. The van der Waals surface area contributed by atoms with Gasteiger partial charge in [0.1, 0.15) is 5.58 Å². The van der Waals surface area contributed by atoms with Crippen LogP contribution in [-0.4, -0.2) is 48.6 Å². The van der Waals surface area contributed by atoms with E-state index in [0.29, 0.717) is 37.3 Å². The number of rotatable bonds is 4. The Labute approximate surface area is 141 Å². The van der Waals surface area contributed by atoms with Crippen molar-refractivity contribution in [2.45, 2.75) is 6.92 Å². The molecule has 0 bridgehead atoms. The highest BCUT2D eigenvalue weighted by atomic mass is 16.6. The van der Waals surface area contributed by atoms with Crippen molar-refractivity contribution in [1.82, 2.24) is 4.90 Å². The maximum Gasteiger partial charge on any atom is 0.336 e. The van der Waals surface area contributed by atoms with Gasteiger partial charge < -0.3 is 18.8 Å². The first-order chi connectivity index (χ1) is 12.0. The summed E-state index contributed by atoms with van der Waals surface area (Å²) in [5.74, 6) is -0.406. The average Bonchev–Trinajstić information content (AvgIpc) is 2.59. The average molecular weight is 348 g/mol. The Morgan fingerprint density at radius 1 is 1.32 bits per heavy atom. The summed E-state index contributed by atoms with van der Waals surface area (Å²) >= 11 is 0. The highest BCUT2D eigenvalue weighted by Gasteiger charge is 2.22. The number of nitro benzene ring substituents is 1. The van der Waals surface area contributed by atoms with Gasteiger partial charge in [0, 0.05) is 36.7 Å². The lowest BCUT2D eigenvalue weighted by Gasteiger charge is -2.26. The maximum absolute atomic E-state index is 12.1. The number of hydrogen-bond donors (Lipinski definition) is 0. The third kappa shape index (κ3) is 3.61. The number of aryl methyl sites for hydroxylation is 1. The van der Waals surface area contributed by atoms with Crippen LogP contribution in [0.3, 0.4) is 0 Å². The number of fused-ring (bicyclic) bond motifs is 1. The van der Waals surface area contributed by atoms with Crippen LogP contribution in [-0.2, 0) is 9.53 Å². The zero-order valence-electron chi connectivity index (χ0n) is 13.5. The van der Waals surface area contributed by atoms with Crippen molar-refractivity contribution in [2.24, 2.45) is 0 Å². The van der Waals surface area contributed by atoms with Crippen molar-refractivity contribution in [3.05, 3.63) is 44.3 Å². The molecule has 1 aliphatic rings. The minimum atomic E-state index is -0.599. The monoisotopic (exact) mass is 348 g/mol. The van der Waals surface area contributed by atoms with Gasteiger partial charge in [-0.2, -0.15) is 0 Å². The van der Waals surface area contributed by atoms with Crippen molar-refractivity contribution in [2.75, 3.05) is 32.9 Å². The molecule has 0 atom stereocenters. The smallest absolute Gasteiger partial charge is 0.336 e. The molecular weight excluding hydrogens is 332 g/mol. The third-order valence-corrected chi connectivity index (χ3v) is 3.94. The van der Waals surface area contributed by atoms with Crippen LogP contribution in [0.4, 0.5) is 5.69 Å². The quantitative estimate of drug-likeness (QED) is 0.464. The number of amides is 1. The maximum atomic E-state index is 12.1. The summed E-state index contributed by atoms with van der Waals surface area (Å²) in [6.45, 7) is 3.12. The number of carbonyl (C=O) groups excluding carboxylic acids is 1. The molecule has 1 aromatic heterocycles. The fraction of sp³-hybridized carbons (Fsp3) is 0.375. The van der Waals surface area contributed by atoms with E-state index in [9.17, 15) is 19.7 Å². The number of benzene rings is 1. The highest BCUT2D eigenvalue weighted by molar-refractivity contribution is 5.85. The Morgan fingerprint density at radius 3 is 2.72 bits per heavy atom. The number of carbonyl (C=O) groups is 1. The summed E-state index contributed by atoms with van der Waals surface area (Å²) in [6, 6.07) is 3.81. The van der Waals surface area contributed by atoms with E-state index in [1.54, 1.807) is 11.8 Å². The summed E-state index contributed by atoms with van der Waals surface area (Å²) in [5.41, 5.74) is -0.122. The molecule has 0 radical (unpaired) electrons. The molecule has 9 heteroatoms. The molecule has 0 N–H and O–H groups in total. The molecule has 1 aliphatic heterocycles. The van der Waals surface area contributed by atoms with Crippen LogP contribution in [0.5, 0.6) is 5.75 Å². The van der Waals surface area contributed by atoms with Crippen LogP contribution in [0.1, 0.15) is 5.56 Å². The van der Waals surface area contributed by atoms with Gasteiger partial charge >= 0.3 is 11.3 Å². The van der Waals surface area contributed by atoms with Crippen molar-refractivity contribution >= 4 is 22.6 Å². The molecule has 1 fully saturated rings. The minimum Gasteiger partial charge on any atom is -0.477 e. The van der Waals surface area contributed by atoms with Gasteiger partial charge in [0.15, 0.2) is 6.61 Å². The molecule has 1 amide bonds. The van der Waals surface area contributed by atoms with Crippen LogP contribution >= 0.6 is 0 Å². The number of morpholine rings is 1. The molecular formula is C16H16N2O7. The third-order valence-electron chi connectivity index (χ3n) is 3.94. The summed E-state index contributed by atoms with van der Waals surface area (Å²) in [5, 5.41) is 11.8. The predicted octanol–water partition coefficient (Wildman–Crippen LogP) is 1.25. The molecule has 0 spiro atoms. The van der Waals surface area contributed by atoms with Crippen molar-refractivity contribution in [3.63, 3.8) is 0 Å². The van der Waals surface area contributed by atoms with E-state index in [2.05, 4.69) is 0 Å². The second-order valence-corrected chi connectivity index (χ2v) is 5.60. The van der Waals surface area contributed by atoms with Gasteiger partial charge in [-0.25, -0.2) is 4.79 Å². The van der Waals surface area contributed by atoms with Gasteiger partial charge in [-0.3, -0.25) is 14.9 Å². The Hall–Kier alpha value is -2.94. The van der Waals surface area contributed by atoms with E-state index in [-0.39, 0.29) is 29.5 Å². The molecule has 0 saturated carbocycles. The molecule has 3 rings (SSSR count). The summed E-state index contributed by atoms with van der Waals surface area (Å²) in [6.07, 6.45) is 0. The first kappa shape index (κ1) is 16.9. The lowest BCUT2D eigenvalue weighted by atomic mass is 10.1. The topological polar surface area (TPSA) is 112 Å². The molecule has 0 aliphatic carbocycles. The fourth-order valence-electron chi connectivity index (χ4n) is 2.64. The van der Waals surface area contributed by atoms with Crippen LogP contribution in [0.15, 0.2) is 27.4 Å². The molecule has 9 nitrogen and oxygen atoms in total. The second-order valence-electron chi connectivity index (χ2n) is 5.60. The van der Waals surface area contributed by atoms with Crippen LogP contribution in [0.2, 0.25) is 0 Å². The minimum absolute atomic E-state index is 0.118. The van der Waals surface area contributed by atoms with E-state index in [4.69, 9.17) is 13.9 Å². The van der Waals surface area contributed by atoms with Gasteiger partial charge in [-0.15, -0.1) is 0 Å². The fourth-order valence-corrected chi connectivity index (χ4v) is 2.64. The zero-order valence-corrected chi connectivity index (χ0v) is 13.5. The van der Waals surface area contributed by atoms with Gasteiger partial charge in [-0.05, 0) is 12.5 Å². The molecule has 2 aromatic rings. The molecule has 2 heterocycles.